The van der Waals surface area contributed by atoms with E-state index < -0.39 is 0 Å². The summed E-state index contributed by atoms with van der Waals surface area (Å²) in [5.74, 6) is 1.19. The molecule has 0 bridgehead atoms. The Hall–Kier alpha value is -1.30. The highest BCUT2D eigenvalue weighted by molar-refractivity contribution is 6.33. The van der Waals surface area contributed by atoms with Crippen molar-refractivity contribution in [2.45, 2.75) is 12.8 Å². The molecule has 1 unspecified atom stereocenters. The van der Waals surface area contributed by atoms with Crippen molar-refractivity contribution in [3.8, 4) is 5.75 Å². The van der Waals surface area contributed by atoms with Gasteiger partial charge in [0.25, 0.3) is 5.91 Å². The van der Waals surface area contributed by atoms with Crippen LogP contribution in [0.15, 0.2) is 18.2 Å². The van der Waals surface area contributed by atoms with E-state index in [1.165, 1.54) is 0 Å². The minimum Gasteiger partial charge on any atom is -0.497 e. The zero-order valence-electron chi connectivity index (χ0n) is 15.3. The number of likely N-dealkylation sites (tertiary alicyclic amines) is 2. The first-order valence-electron chi connectivity index (χ1n) is 8.79. The predicted molar refractivity (Wildman–Crippen MR) is 98.4 cm³/mol. The third-order valence-electron chi connectivity index (χ3n) is 5.80. The lowest BCUT2D eigenvalue weighted by atomic mass is 9.71. The van der Waals surface area contributed by atoms with Crippen molar-refractivity contribution in [3.63, 3.8) is 0 Å². The zero-order chi connectivity index (χ0) is 18.0. The molecule has 2 heterocycles. The average molecular weight is 367 g/mol. The number of hydrogen-bond acceptors (Lipinski definition) is 4. The molecule has 2 saturated heterocycles. The number of piperidine rings is 1. The molecule has 5 nitrogen and oxygen atoms in total. The summed E-state index contributed by atoms with van der Waals surface area (Å²) >= 11 is 6.25. The highest BCUT2D eigenvalue weighted by atomic mass is 35.5. The molecule has 2 aliphatic rings. The fourth-order valence-electron chi connectivity index (χ4n) is 4.42. The number of carbonyl (C=O) groups excluding carboxylic acids is 1. The number of methoxy groups -OCH3 is 2. The minimum atomic E-state index is -0.00612. The molecule has 0 N–H and O–H groups in total. The maximum atomic E-state index is 12.9. The van der Waals surface area contributed by atoms with Crippen LogP contribution in [0.4, 0.5) is 0 Å². The molecular formula is C19H27ClN2O3. The van der Waals surface area contributed by atoms with Crippen LogP contribution in [0.2, 0.25) is 5.02 Å². The summed E-state index contributed by atoms with van der Waals surface area (Å²) in [5, 5.41) is 0.476. The van der Waals surface area contributed by atoms with Crippen LogP contribution in [0.3, 0.4) is 0 Å². The van der Waals surface area contributed by atoms with E-state index >= 15 is 0 Å². The molecule has 6 heteroatoms. The maximum Gasteiger partial charge on any atom is 0.255 e. The smallest absolute Gasteiger partial charge is 0.255 e. The highest BCUT2D eigenvalue weighted by Crippen LogP contribution is 2.44. The van der Waals surface area contributed by atoms with Crippen LogP contribution in [0.5, 0.6) is 5.75 Å². The zero-order valence-corrected chi connectivity index (χ0v) is 16.0. The average Bonchev–Trinajstić information content (AvgIpc) is 2.91. The fraction of sp³-hybridized carbons (Fsp3) is 0.632. The van der Waals surface area contributed by atoms with E-state index in [2.05, 4.69) is 11.9 Å². The molecule has 0 radical (unpaired) electrons. The third-order valence-corrected chi connectivity index (χ3v) is 6.13. The van der Waals surface area contributed by atoms with E-state index in [0.717, 1.165) is 45.6 Å². The Morgan fingerprint density at radius 3 is 2.68 bits per heavy atom. The molecule has 1 atom stereocenters. The molecule has 2 fully saturated rings. The minimum absolute atomic E-state index is 0.00612. The van der Waals surface area contributed by atoms with Gasteiger partial charge in [0.15, 0.2) is 0 Å². The monoisotopic (exact) mass is 366 g/mol. The summed E-state index contributed by atoms with van der Waals surface area (Å²) in [7, 11) is 5.54. The molecule has 138 valence electrons. The third kappa shape index (κ3) is 3.64. The van der Waals surface area contributed by atoms with Crippen LogP contribution in [0.1, 0.15) is 23.2 Å². The summed E-state index contributed by atoms with van der Waals surface area (Å²) in [5.41, 5.74) is 0.786. The Morgan fingerprint density at radius 1 is 1.32 bits per heavy atom. The number of rotatable bonds is 4. The maximum absolute atomic E-state index is 12.9. The van der Waals surface area contributed by atoms with Gasteiger partial charge >= 0.3 is 0 Å². The number of halogens is 1. The van der Waals surface area contributed by atoms with E-state index in [0.29, 0.717) is 22.3 Å². The summed E-state index contributed by atoms with van der Waals surface area (Å²) in [4.78, 5) is 17.2. The van der Waals surface area contributed by atoms with E-state index in [-0.39, 0.29) is 11.3 Å². The SMILES string of the molecule is COCC1CN(C)CC12CCN(C(=O)c1cc(OC)ccc1Cl)CC2. The normalized spacial score (nSPS) is 23.2. The molecule has 0 saturated carbocycles. The number of amides is 1. The summed E-state index contributed by atoms with van der Waals surface area (Å²) in [6, 6.07) is 5.22. The number of nitrogens with zero attached hydrogens (tertiary/aromatic N) is 2. The predicted octanol–water partition coefficient (Wildman–Crippen LogP) is 2.78. The Labute approximate surface area is 154 Å². The second kappa shape index (κ2) is 7.52. The van der Waals surface area contributed by atoms with Gasteiger partial charge in [-0.1, -0.05) is 11.6 Å². The van der Waals surface area contributed by atoms with Crippen molar-refractivity contribution in [2.75, 3.05) is 54.1 Å². The van der Waals surface area contributed by atoms with Gasteiger partial charge in [0, 0.05) is 39.2 Å². The molecule has 1 spiro atoms. The van der Waals surface area contributed by atoms with Crippen LogP contribution in [0.25, 0.3) is 0 Å². The second-order valence-electron chi connectivity index (χ2n) is 7.35. The first kappa shape index (κ1) is 18.5. The Bertz CT molecular complexity index is 629. The van der Waals surface area contributed by atoms with Crippen molar-refractivity contribution in [1.29, 1.82) is 0 Å². The van der Waals surface area contributed by atoms with Crippen LogP contribution in [0, 0.1) is 11.3 Å². The summed E-state index contributed by atoms with van der Waals surface area (Å²) in [6.07, 6.45) is 2.03. The molecular weight excluding hydrogens is 340 g/mol. The van der Waals surface area contributed by atoms with E-state index in [4.69, 9.17) is 21.1 Å². The van der Waals surface area contributed by atoms with E-state index in [1.807, 2.05) is 4.90 Å². The van der Waals surface area contributed by atoms with Crippen molar-refractivity contribution in [3.05, 3.63) is 28.8 Å². The van der Waals surface area contributed by atoms with Crippen molar-refractivity contribution in [2.24, 2.45) is 11.3 Å². The molecule has 3 rings (SSSR count). The number of ether oxygens (including phenoxy) is 2. The Morgan fingerprint density at radius 2 is 2.04 bits per heavy atom. The lowest BCUT2D eigenvalue weighted by molar-refractivity contribution is 0.0325. The lowest BCUT2D eigenvalue weighted by Gasteiger charge is -2.42. The molecule has 0 aromatic heterocycles. The van der Waals surface area contributed by atoms with Gasteiger partial charge in [-0.25, -0.2) is 0 Å². The van der Waals surface area contributed by atoms with Gasteiger partial charge in [0.2, 0.25) is 0 Å². The summed E-state index contributed by atoms with van der Waals surface area (Å²) in [6.45, 7) is 4.48. The topological polar surface area (TPSA) is 42.0 Å². The first-order valence-corrected chi connectivity index (χ1v) is 9.17. The largest absolute Gasteiger partial charge is 0.497 e. The molecule has 2 aliphatic heterocycles. The van der Waals surface area contributed by atoms with Crippen LogP contribution in [-0.2, 0) is 4.74 Å². The van der Waals surface area contributed by atoms with E-state index in [1.54, 1.807) is 32.4 Å². The first-order chi connectivity index (χ1) is 12.0. The van der Waals surface area contributed by atoms with Gasteiger partial charge < -0.3 is 19.3 Å². The van der Waals surface area contributed by atoms with E-state index in [9.17, 15) is 4.79 Å². The van der Waals surface area contributed by atoms with Gasteiger partial charge in [-0.15, -0.1) is 0 Å². The van der Waals surface area contributed by atoms with Gasteiger partial charge in [0.05, 0.1) is 24.3 Å². The van der Waals surface area contributed by atoms with Gasteiger partial charge in [-0.2, -0.15) is 0 Å². The lowest BCUT2D eigenvalue weighted by Crippen LogP contribution is -2.47. The number of hydrogen-bond donors (Lipinski definition) is 0. The molecule has 1 aromatic carbocycles. The van der Waals surface area contributed by atoms with Crippen molar-refractivity contribution in [1.82, 2.24) is 9.80 Å². The molecule has 1 aromatic rings. The van der Waals surface area contributed by atoms with Gasteiger partial charge in [-0.05, 0) is 43.5 Å². The quantitative estimate of drug-likeness (QED) is 0.821. The fourth-order valence-corrected chi connectivity index (χ4v) is 4.62. The van der Waals surface area contributed by atoms with Crippen LogP contribution in [-0.4, -0.2) is 69.8 Å². The standard InChI is InChI=1S/C19H27ClN2O3/c1-21-11-14(12-24-2)19(13-21)6-8-22(9-7-19)18(23)16-10-15(25-3)4-5-17(16)20/h4-5,10,14H,6-9,11-13H2,1-3H3. The summed E-state index contributed by atoms with van der Waals surface area (Å²) < 4.78 is 10.7. The molecule has 25 heavy (non-hydrogen) atoms. The second-order valence-corrected chi connectivity index (χ2v) is 7.76. The molecule has 1 amide bonds. The van der Waals surface area contributed by atoms with Crippen molar-refractivity contribution < 1.29 is 14.3 Å². The van der Waals surface area contributed by atoms with Crippen LogP contribution < -0.4 is 4.74 Å². The van der Waals surface area contributed by atoms with Gasteiger partial charge in [0.1, 0.15) is 5.75 Å². The number of benzene rings is 1. The Kier molecular flexibility index (Phi) is 5.56. The van der Waals surface area contributed by atoms with Crippen molar-refractivity contribution >= 4 is 17.5 Å². The number of carbonyl (C=O) groups is 1. The Balaban J connectivity index is 1.71. The highest BCUT2D eigenvalue weighted by Gasteiger charge is 2.47. The van der Waals surface area contributed by atoms with Gasteiger partial charge in [-0.3, -0.25) is 4.79 Å². The van der Waals surface area contributed by atoms with Crippen LogP contribution >= 0.6 is 11.6 Å². The molecule has 0 aliphatic carbocycles.